The summed E-state index contributed by atoms with van der Waals surface area (Å²) in [5, 5.41) is 31.4. The van der Waals surface area contributed by atoms with Crippen LogP contribution in [0.2, 0.25) is 0 Å². The molecular formula is C23H24O6. The van der Waals surface area contributed by atoms with E-state index in [9.17, 15) is 20.1 Å². The van der Waals surface area contributed by atoms with Crippen molar-refractivity contribution in [2.45, 2.75) is 52.2 Å². The summed E-state index contributed by atoms with van der Waals surface area (Å²) >= 11 is 0. The van der Waals surface area contributed by atoms with E-state index in [-0.39, 0.29) is 27.9 Å². The lowest BCUT2D eigenvalue weighted by Gasteiger charge is -2.24. The van der Waals surface area contributed by atoms with Crippen molar-refractivity contribution in [3.8, 4) is 17.2 Å². The summed E-state index contributed by atoms with van der Waals surface area (Å²) in [5.74, 6) is 0.0746. The minimum atomic E-state index is -1.08. The van der Waals surface area contributed by atoms with E-state index in [1.807, 2.05) is 19.9 Å². The molecule has 1 aromatic heterocycles. The van der Waals surface area contributed by atoms with Gasteiger partial charge in [0.2, 0.25) is 5.43 Å². The van der Waals surface area contributed by atoms with Crippen LogP contribution in [0.5, 0.6) is 17.2 Å². The summed E-state index contributed by atoms with van der Waals surface area (Å²) in [6.07, 6.45) is 2.16. The van der Waals surface area contributed by atoms with Gasteiger partial charge >= 0.3 is 0 Å². The molecule has 6 heteroatoms. The SMILES string of the molecule is CC(C)=CCc1c(O)cc(O)c2c(=O)c3c4c(ccc3oc12)O[C@H](C(C)(C)O)C4. The first-order valence-electron chi connectivity index (χ1n) is 9.56. The van der Waals surface area contributed by atoms with Crippen LogP contribution in [0.3, 0.4) is 0 Å². The maximum Gasteiger partial charge on any atom is 0.204 e. The van der Waals surface area contributed by atoms with Crippen molar-refractivity contribution in [2.75, 3.05) is 0 Å². The molecule has 1 aliphatic heterocycles. The van der Waals surface area contributed by atoms with Crippen LogP contribution in [0.15, 0.2) is 39.1 Å². The van der Waals surface area contributed by atoms with Crippen LogP contribution in [0.4, 0.5) is 0 Å². The Bertz CT molecular complexity index is 1220. The molecule has 0 fully saturated rings. The van der Waals surface area contributed by atoms with E-state index in [4.69, 9.17) is 9.15 Å². The Morgan fingerprint density at radius 3 is 2.59 bits per heavy atom. The van der Waals surface area contributed by atoms with Gasteiger partial charge in [-0.2, -0.15) is 0 Å². The molecule has 4 rings (SSSR count). The van der Waals surface area contributed by atoms with E-state index < -0.39 is 11.7 Å². The fourth-order valence-electron chi connectivity index (χ4n) is 3.77. The predicted molar refractivity (Wildman–Crippen MR) is 111 cm³/mol. The van der Waals surface area contributed by atoms with Gasteiger partial charge in [0, 0.05) is 23.6 Å². The monoisotopic (exact) mass is 396 g/mol. The smallest absolute Gasteiger partial charge is 0.204 e. The Morgan fingerprint density at radius 1 is 1.21 bits per heavy atom. The van der Waals surface area contributed by atoms with Gasteiger partial charge in [-0.3, -0.25) is 4.79 Å². The zero-order valence-electron chi connectivity index (χ0n) is 16.9. The van der Waals surface area contributed by atoms with E-state index in [0.29, 0.717) is 40.7 Å². The molecule has 6 nitrogen and oxygen atoms in total. The average Bonchev–Trinajstić information content (AvgIpc) is 3.05. The Morgan fingerprint density at radius 2 is 1.93 bits per heavy atom. The van der Waals surface area contributed by atoms with E-state index in [0.717, 1.165) is 5.57 Å². The third-order valence-electron chi connectivity index (χ3n) is 5.40. The molecule has 3 aromatic rings. The largest absolute Gasteiger partial charge is 0.507 e. The number of rotatable bonds is 3. The molecule has 2 aromatic carbocycles. The molecule has 0 aliphatic carbocycles. The van der Waals surface area contributed by atoms with Gasteiger partial charge in [-0.1, -0.05) is 11.6 Å². The van der Waals surface area contributed by atoms with E-state index in [1.165, 1.54) is 6.07 Å². The number of aliphatic hydroxyl groups is 1. The predicted octanol–water partition coefficient (Wildman–Crippen LogP) is 3.94. The summed E-state index contributed by atoms with van der Waals surface area (Å²) in [6.45, 7) is 7.20. The molecule has 2 heterocycles. The lowest BCUT2D eigenvalue weighted by atomic mass is 9.94. The lowest BCUT2D eigenvalue weighted by molar-refractivity contribution is -0.0229. The normalized spacial score (nSPS) is 16.1. The lowest BCUT2D eigenvalue weighted by Crippen LogP contribution is -2.39. The molecule has 3 N–H and O–H groups in total. The number of benzene rings is 2. The highest BCUT2D eigenvalue weighted by atomic mass is 16.5. The summed E-state index contributed by atoms with van der Waals surface area (Å²) in [6, 6.07) is 4.54. The summed E-state index contributed by atoms with van der Waals surface area (Å²) in [4.78, 5) is 13.4. The molecule has 1 atom stereocenters. The van der Waals surface area contributed by atoms with Crippen LogP contribution in [-0.4, -0.2) is 27.0 Å². The molecule has 152 valence electrons. The van der Waals surface area contributed by atoms with Gasteiger partial charge < -0.3 is 24.5 Å². The first kappa shape index (κ1) is 19.3. The Kier molecular flexibility index (Phi) is 4.35. The molecule has 0 amide bonds. The Labute approximate surface area is 167 Å². The molecule has 0 bridgehead atoms. The van der Waals surface area contributed by atoms with Crippen molar-refractivity contribution < 1.29 is 24.5 Å². The number of allylic oxidation sites excluding steroid dienone is 2. The van der Waals surface area contributed by atoms with Crippen molar-refractivity contribution in [2.24, 2.45) is 0 Å². The fraction of sp³-hybridized carbons (Fsp3) is 0.348. The third kappa shape index (κ3) is 3.13. The number of aromatic hydroxyl groups is 2. The molecule has 0 unspecified atom stereocenters. The van der Waals surface area contributed by atoms with E-state index in [1.54, 1.807) is 26.0 Å². The second kappa shape index (κ2) is 6.52. The first-order chi connectivity index (χ1) is 13.6. The Hall–Kier alpha value is -2.99. The molecule has 0 saturated carbocycles. The quantitative estimate of drug-likeness (QED) is 0.458. The number of fused-ring (bicyclic) bond motifs is 4. The van der Waals surface area contributed by atoms with Crippen molar-refractivity contribution in [1.29, 1.82) is 0 Å². The second-order valence-electron chi connectivity index (χ2n) is 8.39. The van der Waals surface area contributed by atoms with Crippen LogP contribution in [0, 0.1) is 0 Å². The minimum absolute atomic E-state index is 0.0348. The van der Waals surface area contributed by atoms with Gasteiger partial charge in [-0.25, -0.2) is 0 Å². The zero-order valence-corrected chi connectivity index (χ0v) is 16.9. The van der Waals surface area contributed by atoms with Crippen LogP contribution < -0.4 is 10.2 Å². The van der Waals surface area contributed by atoms with Crippen LogP contribution >= 0.6 is 0 Å². The highest BCUT2D eigenvalue weighted by molar-refractivity contribution is 5.97. The van der Waals surface area contributed by atoms with E-state index in [2.05, 4.69) is 0 Å². The summed E-state index contributed by atoms with van der Waals surface area (Å²) in [5.41, 5.74) is 1.23. The van der Waals surface area contributed by atoms with Crippen molar-refractivity contribution in [3.63, 3.8) is 0 Å². The minimum Gasteiger partial charge on any atom is -0.507 e. The van der Waals surface area contributed by atoms with Crippen LogP contribution in [0.1, 0.15) is 38.8 Å². The summed E-state index contributed by atoms with van der Waals surface area (Å²) < 4.78 is 11.9. The van der Waals surface area contributed by atoms with Gasteiger partial charge in [0.15, 0.2) is 0 Å². The molecule has 0 radical (unpaired) electrons. The number of hydrogen-bond donors (Lipinski definition) is 3. The van der Waals surface area contributed by atoms with Gasteiger partial charge in [0.05, 0.1) is 11.0 Å². The first-order valence-corrected chi connectivity index (χ1v) is 9.56. The van der Waals surface area contributed by atoms with Crippen molar-refractivity contribution in [1.82, 2.24) is 0 Å². The average molecular weight is 396 g/mol. The third-order valence-corrected chi connectivity index (χ3v) is 5.40. The molecule has 1 aliphatic rings. The topological polar surface area (TPSA) is 100 Å². The number of hydrogen-bond acceptors (Lipinski definition) is 6. The Balaban J connectivity index is 2.02. The molecule has 0 spiro atoms. The molecule has 0 saturated heterocycles. The van der Waals surface area contributed by atoms with Crippen LogP contribution in [-0.2, 0) is 12.8 Å². The van der Waals surface area contributed by atoms with Crippen LogP contribution in [0.25, 0.3) is 21.9 Å². The van der Waals surface area contributed by atoms with E-state index >= 15 is 0 Å². The zero-order chi connectivity index (χ0) is 21.1. The second-order valence-corrected chi connectivity index (χ2v) is 8.39. The molecular weight excluding hydrogens is 372 g/mol. The van der Waals surface area contributed by atoms with Gasteiger partial charge in [0.1, 0.15) is 39.9 Å². The molecule has 29 heavy (non-hydrogen) atoms. The maximum absolute atomic E-state index is 13.4. The highest BCUT2D eigenvalue weighted by Gasteiger charge is 2.36. The fourth-order valence-corrected chi connectivity index (χ4v) is 3.77. The highest BCUT2D eigenvalue weighted by Crippen LogP contribution is 2.40. The maximum atomic E-state index is 13.4. The van der Waals surface area contributed by atoms with Gasteiger partial charge in [0.25, 0.3) is 0 Å². The van der Waals surface area contributed by atoms with Gasteiger partial charge in [-0.15, -0.1) is 0 Å². The van der Waals surface area contributed by atoms with Crippen molar-refractivity contribution in [3.05, 3.63) is 51.2 Å². The van der Waals surface area contributed by atoms with Crippen molar-refractivity contribution >= 4 is 21.9 Å². The van der Waals surface area contributed by atoms with Gasteiger partial charge in [-0.05, 0) is 46.2 Å². The summed E-state index contributed by atoms with van der Waals surface area (Å²) in [7, 11) is 0. The standard InChI is InChI=1S/C23H24O6/c1-11(2)5-6-12-14(24)10-15(25)20-21(26)19-13-9-18(23(3,4)27)28-16(13)7-8-17(19)29-22(12)20/h5,7-8,10,18,24-25,27H,6,9H2,1-4H3/t18-/m0/s1. The number of phenols is 2. The number of phenolic OH excluding ortho intramolecular Hbond substituents is 2. The number of ether oxygens (including phenoxy) is 1.